The predicted molar refractivity (Wildman–Crippen MR) is 102 cm³/mol. The standard InChI is InChI=1S/C19H26N6O2/c1-11-16(12(2)24(4)22-11)17-13(9-15(26)23(17)3)10-21-18-19(27)25(8-7-20-18)14-5-6-14/h7-8,13-14,17H,5-6,9-10H2,1-4H3,(H,20,21)/t13-,17+/m0/s1. The molecule has 2 fully saturated rings. The van der Waals surface area contributed by atoms with Gasteiger partial charge in [0.1, 0.15) is 0 Å². The summed E-state index contributed by atoms with van der Waals surface area (Å²) in [6.45, 7) is 4.53. The van der Waals surface area contributed by atoms with E-state index < -0.39 is 0 Å². The highest BCUT2D eigenvalue weighted by Crippen LogP contribution is 2.39. The Morgan fingerprint density at radius 2 is 1.96 bits per heavy atom. The first kappa shape index (κ1) is 17.8. The van der Waals surface area contributed by atoms with Gasteiger partial charge in [-0.25, -0.2) is 4.98 Å². The van der Waals surface area contributed by atoms with Crippen molar-refractivity contribution in [3.05, 3.63) is 39.7 Å². The topological polar surface area (TPSA) is 85.0 Å². The highest BCUT2D eigenvalue weighted by atomic mass is 16.2. The number of anilines is 1. The molecule has 4 rings (SSSR count). The van der Waals surface area contributed by atoms with E-state index in [2.05, 4.69) is 15.4 Å². The lowest BCUT2D eigenvalue weighted by Crippen LogP contribution is -2.29. The second-order valence-electron chi connectivity index (χ2n) is 7.72. The van der Waals surface area contributed by atoms with E-state index >= 15 is 0 Å². The van der Waals surface area contributed by atoms with Crippen molar-refractivity contribution < 1.29 is 4.79 Å². The van der Waals surface area contributed by atoms with Crippen molar-refractivity contribution in [2.45, 2.75) is 45.2 Å². The second-order valence-corrected chi connectivity index (χ2v) is 7.72. The van der Waals surface area contributed by atoms with Crippen LogP contribution in [0, 0.1) is 19.8 Å². The molecule has 2 aliphatic rings. The van der Waals surface area contributed by atoms with Gasteiger partial charge >= 0.3 is 0 Å². The molecule has 2 aromatic heterocycles. The molecule has 1 aliphatic carbocycles. The Balaban J connectivity index is 1.58. The molecule has 3 heterocycles. The maximum Gasteiger partial charge on any atom is 0.293 e. The number of amides is 1. The minimum atomic E-state index is -0.0806. The zero-order chi connectivity index (χ0) is 19.3. The predicted octanol–water partition coefficient (Wildman–Crippen LogP) is 1.56. The molecule has 2 aromatic rings. The van der Waals surface area contributed by atoms with Crippen molar-refractivity contribution in [1.29, 1.82) is 0 Å². The summed E-state index contributed by atoms with van der Waals surface area (Å²) in [6, 6.07) is 0.266. The minimum Gasteiger partial charge on any atom is -0.365 e. The Bertz CT molecular complexity index is 942. The van der Waals surface area contributed by atoms with E-state index in [4.69, 9.17) is 0 Å². The smallest absolute Gasteiger partial charge is 0.293 e. The van der Waals surface area contributed by atoms with Gasteiger partial charge in [-0.15, -0.1) is 0 Å². The third kappa shape index (κ3) is 3.02. The van der Waals surface area contributed by atoms with Crippen LogP contribution in [0.15, 0.2) is 17.2 Å². The first-order chi connectivity index (χ1) is 12.9. The summed E-state index contributed by atoms with van der Waals surface area (Å²) in [5.74, 6) is 0.538. The van der Waals surface area contributed by atoms with Gasteiger partial charge in [-0.3, -0.25) is 14.3 Å². The number of nitrogens with one attached hydrogen (secondary N) is 1. The Morgan fingerprint density at radius 1 is 1.22 bits per heavy atom. The summed E-state index contributed by atoms with van der Waals surface area (Å²) in [4.78, 5) is 31.0. The Hall–Kier alpha value is -2.64. The van der Waals surface area contributed by atoms with Crippen molar-refractivity contribution in [2.24, 2.45) is 13.0 Å². The van der Waals surface area contributed by atoms with E-state index in [1.54, 1.807) is 17.0 Å². The summed E-state index contributed by atoms with van der Waals surface area (Å²) in [5, 5.41) is 7.73. The molecule has 27 heavy (non-hydrogen) atoms. The monoisotopic (exact) mass is 370 g/mol. The zero-order valence-corrected chi connectivity index (χ0v) is 16.3. The van der Waals surface area contributed by atoms with Gasteiger partial charge in [0.2, 0.25) is 5.91 Å². The van der Waals surface area contributed by atoms with Gasteiger partial charge in [0.25, 0.3) is 5.56 Å². The largest absolute Gasteiger partial charge is 0.365 e. The number of carbonyl (C=O) groups is 1. The lowest BCUT2D eigenvalue weighted by atomic mass is 9.92. The summed E-state index contributed by atoms with van der Waals surface area (Å²) < 4.78 is 3.62. The summed E-state index contributed by atoms with van der Waals surface area (Å²) >= 11 is 0. The number of likely N-dealkylation sites (tertiary alicyclic amines) is 1. The van der Waals surface area contributed by atoms with Crippen LogP contribution in [0.1, 0.15) is 48.3 Å². The van der Waals surface area contributed by atoms with E-state index in [-0.39, 0.29) is 23.4 Å². The fourth-order valence-corrected chi connectivity index (χ4v) is 4.20. The average molecular weight is 370 g/mol. The first-order valence-corrected chi connectivity index (χ1v) is 9.45. The molecule has 0 radical (unpaired) electrons. The second kappa shape index (κ2) is 6.51. The molecule has 144 valence electrons. The molecule has 1 saturated carbocycles. The van der Waals surface area contributed by atoms with E-state index in [0.29, 0.717) is 24.8 Å². The molecule has 0 spiro atoms. The number of nitrogens with zero attached hydrogens (tertiary/aromatic N) is 5. The Morgan fingerprint density at radius 3 is 2.59 bits per heavy atom. The number of rotatable bonds is 5. The lowest BCUT2D eigenvalue weighted by Gasteiger charge is -2.26. The van der Waals surface area contributed by atoms with Crippen LogP contribution in [0.4, 0.5) is 5.82 Å². The number of hydrogen-bond acceptors (Lipinski definition) is 5. The Kier molecular flexibility index (Phi) is 4.28. The maximum atomic E-state index is 12.6. The SMILES string of the molecule is Cc1nn(C)c(C)c1[C@H]1[C@H](CNc2nccn(C3CC3)c2=O)CC(=O)N1C. The van der Waals surface area contributed by atoms with Crippen molar-refractivity contribution in [3.63, 3.8) is 0 Å². The molecule has 0 aromatic carbocycles. The molecule has 2 atom stereocenters. The summed E-state index contributed by atoms with van der Waals surface area (Å²) in [7, 11) is 3.77. The number of aryl methyl sites for hydroxylation is 2. The van der Waals surface area contributed by atoms with Crippen molar-refractivity contribution in [2.75, 3.05) is 18.9 Å². The third-order valence-electron chi connectivity index (χ3n) is 5.89. The van der Waals surface area contributed by atoms with Crippen LogP contribution in [0.5, 0.6) is 0 Å². The van der Waals surface area contributed by atoms with Crippen molar-refractivity contribution in [3.8, 4) is 0 Å². The molecular formula is C19H26N6O2. The summed E-state index contributed by atoms with van der Waals surface area (Å²) in [6.07, 6.45) is 5.97. The zero-order valence-electron chi connectivity index (χ0n) is 16.3. The van der Waals surface area contributed by atoms with Gasteiger partial charge in [0.15, 0.2) is 5.82 Å². The maximum absolute atomic E-state index is 12.6. The quantitative estimate of drug-likeness (QED) is 0.863. The molecule has 8 heteroatoms. The van der Waals surface area contributed by atoms with Gasteiger partial charge in [-0.2, -0.15) is 5.10 Å². The van der Waals surface area contributed by atoms with Gasteiger partial charge in [0, 0.05) is 62.7 Å². The molecular weight excluding hydrogens is 344 g/mol. The van der Waals surface area contributed by atoms with Crippen LogP contribution in [0.3, 0.4) is 0 Å². The van der Waals surface area contributed by atoms with Gasteiger partial charge in [-0.05, 0) is 26.7 Å². The third-order valence-corrected chi connectivity index (χ3v) is 5.89. The normalized spacial score (nSPS) is 22.5. The molecule has 0 bridgehead atoms. The van der Waals surface area contributed by atoms with Crippen LogP contribution >= 0.6 is 0 Å². The minimum absolute atomic E-state index is 0.0481. The number of hydrogen-bond donors (Lipinski definition) is 1. The van der Waals surface area contributed by atoms with Crippen LogP contribution in [0.25, 0.3) is 0 Å². The highest BCUT2D eigenvalue weighted by Gasteiger charge is 2.41. The van der Waals surface area contributed by atoms with Crippen LogP contribution in [-0.2, 0) is 11.8 Å². The fourth-order valence-electron chi connectivity index (χ4n) is 4.20. The lowest BCUT2D eigenvalue weighted by molar-refractivity contribution is -0.127. The van der Waals surface area contributed by atoms with Crippen molar-refractivity contribution in [1.82, 2.24) is 24.2 Å². The van der Waals surface area contributed by atoms with Crippen LogP contribution in [0.2, 0.25) is 0 Å². The van der Waals surface area contributed by atoms with Gasteiger partial charge in [0.05, 0.1) is 11.7 Å². The fraction of sp³-hybridized carbons (Fsp3) is 0.579. The van der Waals surface area contributed by atoms with Gasteiger partial charge in [-0.1, -0.05) is 0 Å². The number of aromatic nitrogens is 4. The summed E-state index contributed by atoms with van der Waals surface area (Å²) in [5.41, 5.74) is 3.04. The molecule has 1 saturated heterocycles. The van der Waals surface area contributed by atoms with E-state index in [1.807, 2.05) is 37.5 Å². The van der Waals surface area contributed by atoms with Crippen LogP contribution in [-0.4, -0.2) is 43.7 Å². The molecule has 8 nitrogen and oxygen atoms in total. The molecule has 1 N–H and O–H groups in total. The molecule has 0 unspecified atom stereocenters. The van der Waals surface area contributed by atoms with Crippen molar-refractivity contribution >= 4 is 11.7 Å². The Labute approximate surface area is 158 Å². The first-order valence-electron chi connectivity index (χ1n) is 9.45. The molecule has 1 aliphatic heterocycles. The highest BCUT2D eigenvalue weighted by molar-refractivity contribution is 5.79. The van der Waals surface area contributed by atoms with Crippen LogP contribution < -0.4 is 10.9 Å². The number of carbonyl (C=O) groups excluding carboxylic acids is 1. The average Bonchev–Trinajstić information content (AvgIpc) is 3.39. The van der Waals surface area contributed by atoms with Gasteiger partial charge < -0.3 is 14.8 Å². The van der Waals surface area contributed by atoms with E-state index in [0.717, 1.165) is 29.8 Å². The van der Waals surface area contributed by atoms with E-state index in [1.165, 1.54) is 0 Å². The van der Waals surface area contributed by atoms with E-state index in [9.17, 15) is 9.59 Å². The molecule has 1 amide bonds.